The average Bonchev–Trinajstić information content (AvgIpc) is 2.24. The van der Waals surface area contributed by atoms with Gasteiger partial charge in [0.2, 0.25) is 0 Å². The summed E-state index contributed by atoms with van der Waals surface area (Å²) in [6, 6.07) is 2.95. The minimum absolute atomic E-state index is 0.173. The van der Waals surface area contributed by atoms with Gasteiger partial charge in [0.15, 0.2) is 0 Å². The topological polar surface area (TPSA) is 54.5 Å². The molecule has 0 aromatic heterocycles. The lowest BCUT2D eigenvalue weighted by Gasteiger charge is -2.19. The predicted octanol–water partition coefficient (Wildman–Crippen LogP) is 2.90. The second-order valence-electron chi connectivity index (χ2n) is 3.86. The fourth-order valence-corrected chi connectivity index (χ4v) is 2.34. The molecule has 0 atom stereocenters. The summed E-state index contributed by atoms with van der Waals surface area (Å²) in [5, 5.41) is -0.173. The second kappa shape index (κ2) is 5.79. The first-order valence-electron chi connectivity index (χ1n) is 4.98. The van der Waals surface area contributed by atoms with Crippen molar-refractivity contribution in [2.45, 2.75) is 11.1 Å². The third-order valence-corrected chi connectivity index (χ3v) is 3.89. The van der Waals surface area contributed by atoms with E-state index in [1.54, 1.807) is 0 Å². The molecule has 0 spiro atoms. The molecule has 0 aliphatic carbocycles. The van der Waals surface area contributed by atoms with Crippen LogP contribution in [0.2, 0.25) is 5.02 Å². The zero-order valence-electron chi connectivity index (χ0n) is 9.91. The van der Waals surface area contributed by atoms with Crippen LogP contribution in [0, 0.1) is 0 Å². The maximum atomic E-state index is 12.2. The van der Waals surface area contributed by atoms with Gasteiger partial charge < -0.3 is 4.90 Å². The summed E-state index contributed by atoms with van der Waals surface area (Å²) in [5.74, 6) is -1.06. The smallest absolute Gasteiger partial charge is 0.333 e. The number of rotatable bonds is 3. The zero-order chi connectivity index (χ0) is 15.7. The number of alkyl halides is 3. The number of carbonyl (C=O) groups excluding carboxylic acids is 1. The van der Waals surface area contributed by atoms with E-state index in [0.29, 0.717) is 4.90 Å². The highest BCUT2D eigenvalue weighted by molar-refractivity contribution is 8.13. The van der Waals surface area contributed by atoms with E-state index < -0.39 is 32.6 Å². The molecular weight excluding hydrogens is 342 g/mol. The van der Waals surface area contributed by atoms with Crippen molar-refractivity contribution in [1.82, 2.24) is 4.90 Å². The SMILES string of the molecule is CN(CC(F)(F)F)C(=O)c1cc(S(=O)(=O)Cl)ccc1Cl. The molecule has 0 N–H and O–H groups in total. The molecule has 10 heteroatoms. The fourth-order valence-electron chi connectivity index (χ4n) is 1.37. The molecule has 0 heterocycles. The van der Waals surface area contributed by atoms with Gasteiger partial charge in [-0.25, -0.2) is 8.42 Å². The molecule has 1 rings (SSSR count). The van der Waals surface area contributed by atoms with Gasteiger partial charge >= 0.3 is 6.18 Å². The molecule has 1 aromatic carbocycles. The van der Waals surface area contributed by atoms with Crippen LogP contribution in [0.4, 0.5) is 13.2 Å². The van der Waals surface area contributed by atoms with Crippen LogP contribution in [0.1, 0.15) is 10.4 Å². The second-order valence-corrected chi connectivity index (χ2v) is 6.83. The average molecular weight is 350 g/mol. The van der Waals surface area contributed by atoms with Gasteiger partial charge in [0.25, 0.3) is 15.0 Å². The number of carbonyl (C=O) groups is 1. The van der Waals surface area contributed by atoms with Crippen LogP contribution in [-0.2, 0) is 9.05 Å². The van der Waals surface area contributed by atoms with Crippen molar-refractivity contribution in [3.8, 4) is 0 Å². The Morgan fingerprint density at radius 3 is 2.35 bits per heavy atom. The van der Waals surface area contributed by atoms with Gasteiger partial charge in [0.05, 0.1) is 15.5 Å². The molecular formula is C10H8Cl2F3NO3S. The fraction of sp³-hybridized carbons (Fsp3) is 0.300. The van der Waals surface area contributed by atoms with Gasteiger partial charge in [-0.3, -0.25) is 4.79 Å². The Bertz CT molecular complexity index is 631. The first kappa shape index (κ1) is 17.1. The Hall–Kier alpha value is -0.990. The Morgan fingerprint density at radius 1 is 1.35 bits per heavy atom. The third-order valence-electron chi connectivity index (χ3n) is 2.21. The number of benzene rings is 1. The first-order chi connectivity index (χ1) is 8.92. The van der Waals surface area contributed by atoms with Gasteiger partial charge in [-0.15, -0.1) is 0 Å². The standard InChI is InChI=1S/C10H8Cl2F3NO3S/c1-16(5-10(13,14)15)9(17)7-4-6(20(12,18)19)2-3-8(7)11/h2-4H,5H2,1H3. The van der Waals surface area contributed by atoms with Crippen LogP contribution in [0.5, 0.6) is 0 Å². The minimum atomic E-state index is -4.58. The highest BCUT2D eigenvalue weighted by Crippen LogP contribution is 2.25. The summed E-state index contributed by atoms with van der Waals surface area (Å²) in [6.07, 6.45) is -4.58. The molecule has 0 radical (unpaired) electrons. The lowest BCUT2D eigenvalue weighted by Crippen LogP contribution is -2.36. The van der Waals surface area contributed by atoms with E-state index in [1.807, 2.05) is 0 Å². The molecule has 0 unspecified atom stereocenters. The maximum Gasteiger partial charge on any atom is 0.406 e. The summed E-state index contributed by atoms with van der Waals surface area (Å²) >= 11 is 5.69. The van der Waals surface area contributed by atoms with E-state index in [2.05, 4.69) is 0 Å². The monoisotopic (exact) mass is 349 g/mol. The first-order valence-corrected chi connectivity index (χ1v) is 7.67. The van der Waals surface area contributed by atoms with E-state index in [0.717, 1.165) is 25.2 Å². The van der Waals surface area contributed by atoms with Crippen molar-refractivity contribution in [1.29, 1.82) is 0 Å². The normalized spacial score (nSPS) is 12.3. The summed E-state index contributed by atoms with van der Waals surface area (Å²) in [5.41, 5.74) is -0.375. The largest absolute Gasteiger partial charge is 0.406 e. The number of hydrogen-bond acceptors (Lipinski definition) is 3. The number of hydrogen-bond donors (Lipinski definition) is 0. The van der Waals surface area contributed by atoms with Crippen LogP contribution < -0.4 is 0 Å². The van der Waals surface area contributed by atoms with Crippen LogP contribution >= 0.6 is 22.3 Å². The third kappa shape index (κ3) is 4.53. The highest BCUT2D eigenvalue weighted by atomic mass is 35.7. The summed E-state index contributed by atoms with van der Waals surface area (Å²) < 4.78 is 58.9. The lowest BCUT2D eigenvalue weighted by molar-refractivity contribution is -0.138. The van der Waals surface area contributed by atoms with Gasteiger partial charge in [0, 0.05) is 17.7 Å². The van der Waals surface area contributed by atoms with E-state index in [1.165, 1.54) is 0 Å². The van der Waals surface area contributed by atoms with Gasteiger partial charge in [-0.1, -0.05) is 11.6 Å². The quantitative estimate of drug-likeness (QED) is 0.788. The predicted molar refractivity (Wildman–Crippen MR) is 67.5 cm³/mol. The van der Waals surface area contributed by atoms with Gasteiger partial charge in [-0.05, 0) is 18.2 Å². The molecule has 0 saturated heterocycles. The summed E-state index contributed by atoms with van der Waals surface area (Å²) in [4.78, 5) is 11.8. The van der Waals surface area contributed by atoms with Crippen molar-refractivity contribution in [3.05, 3.63) is 28.8 Å². The van der Waals surface area contributed by atoms with Gasteiger partial charge in [0.1, 0.15) is 6.54 Å². The molecule has 1 aromatic rings. The maximum absolute atomic E-state index is 12.2. The van der Waals surface area contributed by atoms with Gasteiger partial charge in [-0.2, -0.15) is 13.2 Å². The zero-order valence-corrected chi connectivity index (χ0v) is 12.2. The molecule has 1 amide bonds. The highest BCUT2D eigenvalue weighted by Gasteiger charge is 2.32. The molecule has 112 valence electrons. The van der Waals surface area contributed by atoms with Crippen LogP contribution in [0.25, 0.3) is 0 Å². The van der Waals surface area contributed by atoms with E-state index in [4.69, 9.17) is 22.3 Å². The molecule has 0 aliphatic rings. The Morgan fingerprint density at radius 2 is 1.90 bits per heavy atom. The lowest BCUT2D eigenvalue weighted by atomic mass is 10.2. The molecule has 0 saturated carbocycles. The van der Waals surface area contributed by atoms with Crippen molar-refractivity contribution in [2.75, 3.05) is 13.6 Å². The number of amides is 1. The summed E-state index contributed by atoms with van der Waals surface area (Å²) in [7, 11) is 1.91. The Balaban J connectivity index is 3.16. The van der Waals surface area contributed by atoms with E-state index in [-0.39, 0.29) is 10.6 Å². The van der Waals surface area contributed by atoms with Crippen LogP contribution in [-0.4, -0.2) is 39.0 Å². The molecule has 0 fully saturated rings. The Labute approximate surface area is 122 Å². The van der Waals surface area contributed by atoms with E-state index >= 15 is 0 Å². The summed E-state index contributed by atoms with van der Waals surface area (Å²) in [6.45, 7) is -1.49. The van der Waals surface area contributed by atoms with Crippen molar-refractivity contribution >= 4 is 37.2 Å². The van der Waals surface area contributed by atoms with Crippen molar-refractivity contribution < 1.29 is 26.4 Å². The van der Waals surface area contributed by atoms with Crippen LogP contribution in [0.3, 0.4) is 0 Å². The Kier molecular flexibility index (Phi) is 4.94. The minimum Gasteiger partial charge on any atom is -0.333 e. The van der Waals surface area contributed by atoms with E-state index in [9.17, 15) is 26.4 Å². The molecule has 0 bridgehead atoms. The van der Waals surface area contributed by atoms with Crippen molar-refractivity contribution in [3.63, 3.8) is 0 Å². The van der Waals surface area contributed by atoms with Crippen molar-refractivity contribution in [2.24, 2.45) is 0 Å². The number of nitrogens with zero attached hydrogens (tertiary/aromatic N) is 1. The van der Waals surface area contributed by atoms with Crippen LogP contribution in [0.15, 0.2) is 23.1 Å². The number of halogens is 5. The molecule has 4 nitrogen and oxygen atoms in total. The molecule has 20 heavy (non-hydrogen) atoms. The molecule has 0 aliphatic heterocycles.